The largest absolute Gasteiger partial charge is 0.507 e. The van der Waals surface area contributed by atoms with Crippen LogP contribution in [0, 0.1) is 0 Å². The zero-order valence-electron chi connectivity index (χ0n) is 12.7. The average Bonchev–Trinajstić information content (AvgIpc) is 2.63. The van der Waals surface area contributed by atoms with E-state index in [4.69, 9.17) is 9.47 Å². The van der Waals surface area contributed by atoms with Gasteiger partial charge < -0.3 is 14.6 Å². The number of aromatic nitrogens is 3. The van der Waals surface area contributed by atoms with Crippen LogP contribution in [0.5, 0.6) is 17.4 Å². The molecule has 0 spiro atoms. The predicted octanol–water partition coefficient (Wildman–Crippen LogP) is 2.37. The summed E-state index contributed by atoms with van der Waals surface area (Å²) in [5, 5.41) is 20.3. The molecule has 0 radical (unpaired) electrons. The first-order valence-electron chi connectivity index (χ1n) is 7.11. The van der Waals surface area contributed by atoms with Crippen LogP contribution in [0.25, 0.3) is 0 Å². The zero-order valence-corrected chi connectivity index (χ0v) is 12.7. The van der Waals surface area contributed by atoms with Crippen molar-refractivity contribution < 1.29 is 24.2 Å². The van der Waals surface area contributed by atoms with E-state index < -0.39 is 11.9 Å². The van der Waals surface area contributed by atoms with Gasteiger partial charge in [0.2, 0.25) is 5.88 Å². The van der Waals surface area contributed by atoms with Gasteiger partial charge in [0.15, 0.2) is 0 Å². The number of ether oxygens (including phenoxy) is 2. The van der Waals surface area contributed by atoms with E-state index in [2.05, 4.69) is 15.4 Å². The third kappa shape index (κ3) is 3.75. The number of hydrogen-bond donors (Lipinski definition) is 1. The zero-order chi connectivity index (χ0) is 17.6. The summed E-state index contributed by atoms with van der Waals surface area (Å²) >= 11 is 0. The summed E-state index contributed by atoms with van der Waals surface area (Å²) in [7, 11) is 0. The molecule has 25 heavy (non-hydrogen) atoms. The summed E-state index contributed by atoms with van der Waals surface area (Å²) < 4.78 is 10.3. The molecule has 0 amide bonds. The lowest BCUT2D eigenvalue weighted by Crippen LogP contribution is -2.13. The van der Waals surface area contributed by atoms with Gasteiger partial charge >= 0.3 is 11.9 Å². The number of para-hydroxylation sites is 2. The number of carbonyl (C=O) groups excluding carboxylic acids is 2. The molecular formula is C17H11N3O5. The molecule has 0 saturated heterocycles. The van der Waals surface area contributed by atoms with Gasteiger partial charge in [0.1, 0.15) is 22.6 Å². The second-order valence-electron chi connectivity index (χ2n) is 4.75. The van der Waals surface area contributed by atoms with E-state index >= 15 is 0 Å². The van der Waals surface area contributed by atoms with Gasteiger partial charge in [-0.15, -0.1) is 5.10 Å². The molecule has 3 rings (SSSR count). The molecule has 8 nitrogen and oxygen atoms in total. The summed E-state index contributed by atoms with van der Waals surface area (Å²) in [5.74, 6) is -1.91. The van der Waals surface area contributed by atoms with Crippen molar-refractivity contribution in [2.75, 3.05) is 0 Å². The van der Waals surface area contributed by atoms with E-state index in [1.54, 1.807) is 24.3 Å². The molecule has 0 aliphatic carbocycles. The molecule has 1 N–H and O–H groups in total. The first-order valence-corrected chi connectivity index (χ1v) is 7.11. The third-order valence-corrected chi connectivity index (χ3v) is 3.11. The van der Waals surface area contributed by atoms with Crippen molar-refractivity contribution in [2.45, 2.75) is 0 Å². The molecule has 3 aromatic rings. The van der Waals surface area contributed by atoms with E-state index in [0.717, 1.165) is 0 Å². The lowest BCUT2D eigenvalue weighted by molar-refractivity contribution is 0.0394. The Balaban J connectivity index is 1.81. The number of phenolic OH excluding ortho intramolecular Hbond substituents is 1. The molecule has 8 heteroatoms. The summed E-state index contributed by atoms with van der Waals surface area (Å²) in [4.78, 5) is 24.3. The van der Waals surface area contributed by atoms with Crippen LogP contribution in [0.4, 0.5) is 0 Å². The van der Waals surface area contributed by atoms with Crippen LogP contribution < -0.4 is 4.74 Å². The number of esters is 2. The van der Waals surface area contributed by atoms with Crippen LogP contribution in [0.3, 0.4) is 0 Å². The minimum Gasteiger partial charge on any atom is -0.507 e. The fourth-order valence-corrected chi connectivity index (χ4v) is 1.96. The smallest absolute Gasteiger partial charge is 0.349 e. The quantitative estimate of drug-likeness (QED) is 0.570. The Morgan fingerprint density at radius 2 is 1.56 bits per heavy atom. The Morgan fingerprint density at radius 1 is 0.880 bits per heavy atom. The highest BCUT2D eigenvalue weighted by molar-refractivity contribution is 6.04. The van der Waals surface area contributed by atoms with Crippen LogP contribution >= 0.6 is 0 Å². The highest BCUT2D eigenvalue weighted by atomic mass is 16.6. The normalized spacial score (nSPS) is 10.1. The Kier molecular flexibility index (Phi) is 4.61. The fraction of sp³-hybridized carbons (Fsp3) is 0. The van der Waals surface area contributed by atoms with Crippen LogP contribution in [-0.2, 0) is 4.74 Å². The van der Waals surface area contributed by atoms with E-state index in [-0.39, 0.29) is 28.5 Å². The maximum Gasteiger partial charge on any atom is 0.349 e. The fourth-order valence-electron chi connectivity index (χ4n) is 1.96. The van der Waals surface area contributed by atoms with Gasteiger partial charge in [0.25, 0.3) is 0 Å². The van der Waals surface area contributed by atoms with Crippen molar-refractivity contribution in [1.29, 1.82) is 0 Å². The van der Waals surface area contributed by atoms with Gasteiger partial charge in [0.05, 0.1) is 6.20 Å². The van der Waals surface area contributed by atoms with Crippen molar-refractivity contribution in [2.24, 2.45) is 0 Å². The summed E-state index contributed by atoms with van der Waals surface area (Å²) in [6, 6.07) is 13.4. The molecule has 0 bridgehead atoms. The van der Waals surface area contributed by atoms with E-state index in [1.165, 1.54) is 36.5 Å². The standard InChI is InChI=1S/C17H11N3O5/c21-13-7-3-1-5-11(13)16(22)25-17(23)12-6-2-4-8-14(12)24-15-9-10-18-20-19-15/h1-10,21H. The molecule has 1 aromatic heterocycles. The van der Waals surface area contributed by atoms with Crippen molar-refractivity contribution in [3.05, 3.63) is 71.9 Å². The third-order valence-electron chi connectivity index (χ3n) is 3.11. The molecule has 0 aliphatic heterocycles. The first-order chi connectivity index (χ1) is 12.1. The number of rotatable bonds is 4. The van der Waals surface area contributed by atoms with E-state index in [1.807, 2.05) is 0 Å². The molecular weight excluding hydrogens is 326 g/mol. The molecule has 0 fully saturated rings. The van der Waals surface area contributed by atoms with Gasteiger partial charge in [-0.05, 0) is 29.5 Å². The Hall–Kier alpha value is -3.81. The number of nitrogens with zero attached hydrogens (tertiary/aromatic N) is 3. The highest BCUT2D eigenvalue weighted by Crippen LogP contribution is 2.25. The van der Waals surface area contributed by atoms with Crippen molar-refractivity contribution in [1.82, 2.24) is 15.4 Å². The van der Waals surface area contributed by atoms with Gasteiger partial charge in [-0.25, -0.2) is 9.59 Å². The Bertz CT molecular complexity index is 915. The number of benzene rings is 2. The van der Waals surface area contributed by atoms with Crippen molar-refractivity contribution >= 4 is 11.9 Å². The van der Waals surface area contributed by atoms with Crippen LogP contribution in [0.1, 0.15) is 20.7 Å². The summed E-state index contributed by atoms with van der Waals surface area (Å²) in [6.45, 7) is 0. The summed E-state index contributed by atoms with van der Waals surface area (Å²) in [6.07, 6.45) is 1.38. The minimum absolute atomic E-state index is 0.0184. The molecule has 1 heterocycles. The number of carbonyl (C=O) groups is 2. The SMILES string of the molecule is O=C(OC(=O)c1ccccc1Oc1ccnnn1)c1ccccc1O. The maximum absolute atomic E-state index is 12.3. The maximum atomic E-state index is 12.3. The monoisotopic (exact) mass is 337 g/mol. The number of hydrogen-bond acceptors (Lipinski definition) is 8. The van der Waals surface area contributed by atoms with Crippen LogP contribution in [-0.4, -0.2) is 32.5 Å². The van der Waals surface area contributed by atoms with Crippen LogP contribution in [0.2, 0.25) is 0 Å². The lowest BCUT2D eigenvalue weighted by Gasteiger charge is -2.09. The van der Waals surface area contributed by atoms with Gasteiger partial charge in [-0.3, -0.25) is 0 Å². The van der Waals surface area contributed by atoms with Gasteiger partial charge in [-0.1, -0.05) is 29.4 Å². The highest BCUT2D eigenvalue weighted by Gasteiger charge is 2.21. The second-order valence-corrected chi connectivity index (χ2v) is 4.75. The molecule has 0 aliphatic rings. The van der Waals surface area contributed by atoms with Crippen molar-refractivity contribution in [3.8, 4) is 17.4 Å². The Labute approximate surface area is 141 Å². The number of phenols is 1. The van der Waals surface area contributed by atoms with Gasteiger partial charge in [-0.2, -0.15) is 0 Å². The van der Waals surface area contributed by atoms with Crippen molar-refractivity contribution in [3.63, 3.8) is 0 Å². The lowest BCUT2D eigenvalue weighted by atomic mass is 10.2. The van der Waals surface area contributed by atoms with E-state index in [9.17, 15) is 14.7 Å². The molecule has 0 saturated carbocycles. The number of aromatic hydroxyl groups is 1. The second kappa shape index (κ2) is 7.18. The molecule has 2 aromatic carbocycles. The van der Waals surface area contributed by atoms with Gasteiger partial charge in [0, 0.05) is 6.07 Å². The van der Waals surface area contributed by atoms with Crippen LogP contribution in [0.15, 0.2) is 60.8 Å². The molecule has 0 atom stereocenters. The molecule has 124 valence electrons. The van der Waals surface area contributed by atoms with E-state index in [0.29, 0.717) is 0 Å². The topological polar surface area (TPSA) is 112 Å². The first kappa shape index (κ1) is 16.1. The average molecular weight is 337 g/mol. The minimum atomic E-state index is -0.971. The Morgan fingerprint density at radius 3 is 2.28 bits per heavy atom. The summed E-state index contributed by atoms with van der Waals surface area (Å²) in [5.41, 5.74) is -0.0980. The molecule has 0 unspecified atom stereocenters. The predicted molar refractivity (Wildman–Crippen MR) is 84.2 cm³/mol.